The number of rotatable bonds is 4. The van der Waals surface area contributed by atoms with Crippen LogP contribution in [0.3, 0.4) is 0 Å². The Labute approximate surface area is 189 Å². The van der Waals surface area contributed by atoms with Gasteiger partial charge in [-0.2, -0.15) is 0 Å². The first kappa shape index (κ1) is 19.8. The van der Waals surface area contributed by atoms with E-state index in [9.17, 15) is 4.79 Å². The summed E-state index contributed by atoms with van der Waals surface area (Å²) >= 11 is 12.9. The lowest BCUT2D eigenvalue weighted by Gasteiger charge is -2.06. The molecule has 0 bridgehead atoms. The van der Waals surface area contributed by atoms with Gasteiger partial charge in [0.1, 0.15) is 0 Å². The molecule has 0 aliphatic carbocycles. The highest BCUT2D eigenvalue weighted by Gasteiger charge is 2.19. The van der Waals surface area contributed by atoms with E-state index in [4.69, 9.17) is 11.6 Å². The van der Waals surface area contributed by atoms with Crippen molar-refractivity contribution in [3.05, 3.63) is 92.6 Å². The van der Waals surface area contributed by atoms with E-state index in [0.29, 0.717) is 16.5 Å². The summed E-state index contributed by atoms with van der Waals surface area (Å²) in [4.78, 5) is 17.3. The van der Waals surface area contributed by atoms with Gasteiger partial charge < -0.3 is 5.32 Å². The molecule has 4 aromatic rings. The maximum atomic E-state index is 12.8. The molecule has 0 atom stereocenters. The molecule has 0 aliphatic rings. The van der Waals surface area contributed by atoms with Gasteiger partial charge >= 0.3 is 0 Å². The van der Waals surface area contributed by atoms with Crippen LogP contribution in [0.2, 0.25) is 5.02 Å². The summed E-state index contributed by atoms with van der Waals surface area (Å²) in [5.74, 6) is 0.211. The van der Waals surface area contributed by atoms with Gasteiger partial charge in [0, 0.05) is 25.2 Å². The Hall–Kier alpha value is -2.48. The Bertz CT molecular complexity index is 1110. The predicted molar refractivity (Wildman–Crippen MR) is 122 cm³/mol. The number of aromatic nitrogens is 3. The maximum absolute atomic E-state index is 12.8. The van der Waals surface area contributed by atoms with Crippen molar-refractivity contribution in [3.8, 4) is 17.1 Å². The fourth-order valence-electron chi connectivity index (χ4n) is 2.71. The van der Waals surface area contributed by atoms with Gasteiger partial charge in [-0.15, -0.1) is 5.10 Å². The second kappa shape index (κ2) is 8.49. The van der Waals surface area contributed by atoms with Crippen LogP contribution in [0.5, 0.6) is 0 Å². The quantitative estimate of drug-likeness (QED) is 0.333. The number of nitrogens with one attached hydrogen (secondary N) is 1. The van der Waals surface area contributed by atoms with Crippen LogP contribution < -0.4 is 5.32 Å². The summed E-state index contributed by atoms with van der Waals surface area (Å²) in [6, 6.07) is 22.2. The molecule has 0 fully saturated rings. The first-order valence-electron chi connectivity index (χ1n) is 8.55. The Morgan fingerprint density at radius 1 is 0.931 bits per heavy atom. The third-order valence-corrected chi connectivity index (χ3v) is 5.36. The van der Waals surface area contributed by atoms with Gasteiger partial charge in [0.05, 0.1) is 5.69 Å². The molecule has 5 nitrogen and oxygen atoms in total. The predicted octanol–water partition coefficient (Wildman–Crippen LogP) is 6.37. The fraction of sp³-hybridized carbons (Fsp3) is 0. The molecular formula is C21H13Br2ClN4O. The molecule has 0 saturated heterocycles. The van der Waals surface area contributed by atoms with Crippen molar-refractivity contribution in [3.63, 3.8) is 0 Å². The van der Waals surface area contributed by atoms with Crippen LogP contribution >= 0.6 is 43.5 Å². The first-order chi connectivity index (χ1) is 14.0. The van der Waals surface area contributed by atoms with Gasteiger partial charge in [-0.1, -0.05) is 61.7 Å². The number of benzene rings is 3. The van der Waals surface area contributed by atoms with E-state index in [0.717, 1.165) is 20.2 Å². The van der Waals surface area contributed by atoms with Crippen LogP contribution in [0.25, 0.3) is 17.1 Å². The van der Waals surface area contributed by atoms with Crippen molar-refractivity contribution in [1.82, 2.24) is 14.8 Å². The third kappa shape index (κ3) is 4.58. The third-order valence-electron chi connectivity index (χ3n) is 4.07. The second-order valence-corrected chi connectivity index (χ2v) is 8.39. The molecule has 3 aromatic carbocycles. The van der Waals surface area contributed by atoms with Crippen molar-refractivity contribution < 1.29 is 4.79 Å². The zero-order valence-electron chi connectivity index (χ0n) is 14.8. The minimum absolute atomic E-state index is 0.0609. The number of amides is 1. The molecule has 1 amide bonds. The van der Waals surface area contributed by atoms with E-state index < -0.39 is 5.91 Å². The average molecular weight is 533 g/mol. The molecule has 1 aromatic heterocycles. The molecule has 144 valence electrons. The molecular weight excluding hydrogens is 520 g/mol. The summed E-state index contributed by atoms with van der Waals surface area (Å²) in [6.45, 7) is 0. The van der Waals surface area contributed by atoms with Crippen molar-refractivity contribution in [2.75, 3.05) is 5.32 Å². The first-order valence-corrected chi connectivity index (χ1v) is 10.5. The summed E-state index contributed by atoms with van der Waals surface area (Å²) in [5.41, 5.74) is 2.21. The molecule has 0 saturated carbocycles. The zero-order valence-corrected chi connectivity index (χ0v) is 18.7. The van der Waals surface area contributed by atoms with Crippen molar-refractivity contribution in [2.24, 2.45) is 0 Å². The number of carbonyl (C=O) groups is 1. The van der Waals surface area contributed by atoms with Crippen LogP contribution in [0.4, 0.5) is 5.69 Å². The van der Waals surface area contributed by atoms with Crippen LogP contribution in [0.15, 0.2) is 81.7 Å². The Morgan fingerprint density at radius 2 is 1.59 bits per heavy atom. The van der Waals surface area contributed by atoms with E-state index in [1.165, 1.54) is 0 Å². The number of nitrogens with zero attached hydrogens (tertiary/aromatic N) is 3. The topological polar surface area (TPSA) is 59.8 Å². The smallest absolute Gasteiger partial charge is 0.295 e. The van der Waals surface area contributed by atoms with Crippen LogP contribution in [0, 0.1) is 0 Å². The van der Waals surface area contributed by atoms with Crippen molar-refractivity contribution in [2.45, 2.75) is 0 Å². The van der Waals surface area contributed by atoms with Crippen LogP contribution in [0.1, 0.15) is 10.6 Å². The highest BCUT2D eigenvalue weighted by Crippen LogP contribution is 2.24. The molecule has 0 unspecified atom stereocenters. The van der Waals surface area contributed by atoms with Gasteiger partial charge in [0.15, 0.2) is 5.82 Å². The molecule has 4 rings (SSSR count). The highest BCUT2D eigenvalue weighted by atomic mass is 79.9. The van der Waals surface area contributed by atoms with Gasteiger partial charge in [0.25, 0.3) is 5.91 Å². The van der Waals surface area contributed by atoms with Gasteiger partial charge in [-0.3, -0.25) is 4.79 Å². The largest absolute Gasteiger partial charge is 0.319 e. The van der Waals surface area contributed by atoms with Gasteiger partial charge in [0.2, 0.25) is 5.82 Å². The summed E-state index contributed by atoms with van der Waals surface area (Å²) < 4.78 is 3.56. The average Bonchev–Trinajstić information content (AvgIpc) is 3.15. The molecule has 29 heavy (non-hydrogen) atoms. The molecule has 1 heterocycles. The van der Waals surface area contributed by atoms with Gasteiger partial charge in [-0.25, -0.2) is 9.67 Å². The van der Waals surface area contributed by atoms with Gasteiger partial charge in [-0.05, 0) is 54.6 Å². The summed E-state index contributed by atoms with van der Waals surface area (Å²) in [5, 5.41) is 7.78. The Balaban J connectivity index is 1.75. The Kier molecular flexibility index (Phi) is 5.80. The zero-order chi connectivity index (χ0) is 20.4. The Morgan fingerprint density at radius 3 is 2.24 bits per heavy atom. The van der Waals surface area contributed by atoms with E-state index in [1.54, 1.807) is 28.9 Å². The molecule has 0 radical (unpaired) electrons. The number of carbonyl (C=O) groups excluding carboxylic acids is 1. The number of anilines is 1. The van der Waals surface area contributed by atoms with Crippen molar-refractivity contribution in [1.29, 1.82) is 0 Å². The van der Waals surface area contributed by atoms with Crippen LogP contribution in [-0.4, -0.2) is 20.7 Å². The summed E-state index contributed by atoms with van der Waals surface area (Å²) in [7, 11) is 0. The minimum atomic E-state index is -0.415. The normalized spacial score (nSPS) is 10.7. The number of hydrogen-bond donors (Lipinski definition) is 1. The fourth-order valence-corrected chi connectivity index (χ4v) is 3.43. The minimum Gasteiger partial charge on any atom is -0.319 e. The molecule has 8 heteroatoms. The number of halogens is 3. The molecule has 0 aliphatic heterocycles. The lowest BCUT2D eigenvalue weighted by Crippen LogP contribution is -2.14. The van der Waals surface area contributed by atoms with E-state index >= 15 is 0 Å². The van der Waals surface area contributed by atoms with Crippen molar-refractivity contribution >= 4 is 55.1 Å². The molecule has 0 spiro atoms. The second-order valence-electron chi connectivity index (χ2n) is 6.12. The van der Waals surface area contributed by atoms with E-state index in [2.05, 4.69) is 47.3 Å². The standard InChI is InChI=1S/C21H13Br2ClN4O/c22-14-6-4-13(5-7-14)20-26-19(21(29)25-17-3-1-2-16(24)12-17)27-28(20)18-10-8-15(23)9-11-18/h1-12H,(H,25,29). The maximum Gasteiger partial charge on any atom is 0.295 e. The lowest BCUT2D eigenvalue weighted by molar-refractivity contribution is 0.101. The number of hydrogen-bond acceptors (Lipinski definition) is 3. The monoisotopic (exact) mass is 530 g/mol. The highest BCUT2D eigenvalue weighted by molar-refractivity contribution is 9.10. The van der Waals surface area contributed by atoms with E-state index in [-0.39, 0.29) is 5.82 Å². The van der Waals surface area contributed by atoms with Crippen LogP contribution in [-0.2, 0) is 0 Å². The summed E-state index contributed by atoms with van der Waals surface area (Å²) in [6.07, 6.45) is 0. The van der Waals surface area contributed by atoms with E-state index in [1.807, 2.05) is 48.5 Å². The SMILES string of the molecule is O=C(Nc1cccc(Cl)c1)c1nc(-c2ccc(Br)cc2)n(-c2ccc(Br)cc2)n1. The molecule has 1 N–H and O–H groups in total. The lowest BCUT2D eigenvalue weighted by atomic mass is 10.2.